The molecule has 1 amide bonds. The second-order valence-corrected chi connectivity index (χ2v) is 7.79. The Labute approximate surface area is 159 Å². The van der Waals surface area contributed by atoms with Crippen LogP contribution in [0.2, 0.25) is 0 Å². The van der Waals surface area contributed by atoms with E-state index in [-0.39, 0.29) is 11.5 Å². The highest BCUT2D eigenvalue weighted by Crippen LogP contribution is 2.20. The Bertz CT molecular complexity index is 894. The molecule has 0 aliphatic heterocycles. The van der Waals surface area contributed by atoms with E-state index in [2.05, 4.69) is 5.32 Å². The van der Waals surface area contributed by atoms with Crippen molar-refractivity contribution in [2.45, 2.75) is 25.7 Å². The van der Waals surface area contributed by atoms with Gasteiger partial charge in [-0.1, -0.05) is 19.9 Å². The number of carbonyl (C=O) groups is 1. The smallest absolute Gasteiger partial charge is 0.262 e. The van der Waals surface area contributed by atoms with Crippen molar-refractivity contribution in [3.05, 3.63) is 53.8 Å². The van der Waals surface area contributed by atoms with Crippen LogP contribution in [-0.2, 0) is 14.8 Å². The van der Waals surface area contributed by atoms with E-state index in [1.807, 2.05) is 0 Å². The molecule has 0 aliphatic carbocycles. The first-order valence-corrected chi connectivity index (χ1v) is 10.0. The quantitative estimate of drug-likeness (QED) is 0.746. The predicted molar refractivity (Wildman–Crippen MR) is 102 cm³/mol. The fourth-order valence-electron chi connectivity index (χ4n) is 2.48. The summed E-state index contributed by atoms with van der Waals surface area (Å²) in [6.07, 6.45) is 0. The normalized spacial score (nSPS) is 11.4. The third kappa shape index (κ3) is 5.27. The molecule has 0 spiro atoms. The SMILES string of the molecule is CCN(CC)S(=O)(=O)c1ccc(OCC(=O)Nc2cc(F)ccc2C)cc1. The first-order valence-electron chi connectivity index (χ1n) is 8.57. The fourth-order valence-corrected chi connectivity index (χ4v) is 3.94. The summed E-state index contributed by atoms with van der Waals surface area (Å²) < 4.78 is 44.8. The lowest BCUT2D eigenvalue weighted by molar-refractivity contribution is -0.118. The number of amides is 1. The van der Waals surface area contributed by atoms with Gasteiger partial charge in [-0.15, -0.1) is 0 Å². The van der Waals surface area contributed by atoms with Crippen LogP contribution in [0.25, 0.3) is 0 Å². The van der Waals surface area contributed by atoms with Crippen molar-refractivity contribution in [2.75, 3.05) is 25.0 Å². The summed E-state index contributed by atoms with van der Waals surface area (Å²) in [5.41, 5.74) is 1.11. The Balaban J connectivity index is 1.99. The molecule has 0 fully saturated rings. The zero-order chi connectivity index (χ0) is 20.0. The van der Waals surface area contributed by atoms with Crippen LogP contribution < -0.4 is 10.1 Å². The summed E-state index contributed by atoms with van der Waals surface area (Å²) in [4.78, 5) is 12.1. The van der Waals surface area contributed by atoms with Crippen LogP contribution in [-0.4, -0.2) is 38.3 Å². The molecule has 0 bridgehead atoms. The Morgan fingerprint density at radius 3 is 2.33 bits per heavy atom. The van der Waals surface area contributed by atoms with Crippen molar-refractivity contribution in [1.82, 2.24) is 4.31 Å². The molecule has 0 heterocycles. The van der Waals surface area contributed by atoms with Gasteiger partial charge in [-0.2, -0.15) is 4.31 Å². The number of ether oxygens (including phenoxy) is 1. The molecule has 2 aromatic carbocycles. The number of anilines is 1. The van der Waals surface area contributed by atoms with Gasteiger partial charge in [-0.05, 0) is 48.9 Å². The maximum atomic E-state index is 13.3. The Morgan fingerprint density at radius 1 is 1.11 bits per heavy atom. The number of hydrogen-bond acceptors (Lipinski definition) is 4. The number of nitrogens with zero attached hydrogens (tertiary/aromatic N) is 1. The highest BCUT2D eigenvalue weighted by Gasteiger charge is 2.21. The number of rotatable bonds is 8. The summed E-state index contributed by atoms with van der Waals surface area (Å²) >= 11 is 0. The summed E-state index contributed by atoms with van der Waals surface area (Å²) in [7, 11) is -3.54. The number of hydrogen-bond donors (Lipinski definition) is 1. The minimum absolute atomic E-state index is 0.165. The fraction of sp³-hybridized carbons (Fsp3) is 0.316. The Kier molecular flexibility index (Phi) is 6.92. The van der Waals surface area contributed by atoms with Gasteiger partial charge in [0, 0.05) is 18.8 Å². The van der Waals surface area contributed by atoms with Crippen LogP contribution in [0.5, 0.6) is 5.75 Å². The molecule has 6 nitrogen and oxygen atoms in total. The van der Waals surface area contributed by atoms with Crippen LogP contribution in [0.15, 0.2) is 47.4 Å². The van der Waals surface area contributed by atoms with E-state index in [0.717, 1.165) is 5.56 Å². The van der Waals surface area contributed by atoms with E-state index < -0.39 is 21.7 Å². The van der Waals surface area contributed by atoms with Crippen LogP contribution in [0, 0.1) is 12.7 Å². The standard InChI is InChI=1S/C19H23FN2O4S/c1-4-22(5-2)27(24,25)17-10-8-16(9-11-17)26-13-19(23)21-18-12-15(20)7-6-14(18)3/h6-12H,4-5,13H2,1-3H3,(H,21,23). The van der Waals surface area contributed by atoms with Crippen LogP contribution in [0.3, 0.4) is 0 Å². The van der Waals surface area contributed by atoms with Crippen molar-refractivity contribution in [1.29, 1.82) is 0 Å². The summed E-state index contributed by atoms with van der Waals surface area (Å²) in [5, 5.41) is 2.58. The van der Waals surface area contributed by atoms with Gasteiger partial charge >= 0.3 is 0 Å². The largest absolute Gasteiger partial charge is 0.484 e. The molecule has 0 saturated heterocycles. The van der Waals surface area contributed by atoms with Gasteiger partial charge in [0.05, 0.1) is 4.90 Å². The average Bonchev–Trinajstić information content (AvgIpc) is 2.64. The van der Waals surface area contributed by atoms with Crippen LogP contribution >= 0.6 is 0 Å². The Hall–Kier alpha value is -2.45. The lowest BCUT2D eigenvalue weighted by Gasteiger charge is -2.18. The summed E-state index contributed by atoms with van der Waals surface area (Å²) in [6.45, 7) is 5.80. The highest BCUT2D eigenvalue weighted by atomic mass is 32.2. The number of halogens is 1. The molecule has 27 heavy (non-hydrogen) atoms. The van der Waals surface area contributed by atoms with Crippen LogP contribution in [0.1, 0.15) is 19.4 Å². The average molecular weight is 394 g/mol. The van der Waals surface area contributed by atoms with E-state index in [4.69, 9.17) is 4.74 Å². The second kappa shape index (κ2) is 8.96. The predicted octanol–water partition coefficient (Wildman–Crippen LogP) is 3.18. The monoisotopic (exact) mass is 394 g/mol. The van der Waals surface area contributed by atoms with Crippen molar-refractivity contribution >= 4 is 21.6 Å². The molecular weight excluding hydrogens is 371 g/mol. The third-order valence-electron chi connectivity index (χ3n) is 4.01. The number of sulfonamides is 1. The first kappa shape index (κ1) is 20.9. The zero-order valence-corrected chi connectivity index (χ0v) is 16.3. The summed E-state index contributed by atoms with van der Waals surface area (Å²) in [5.74, 6) is -0.523. The molecule has 0 saturated carbocycles. The lowest BCUT2D eigenvalue weighted by atomic mass is 10.2. The van der Waals surface area contributed by atoms with Gasteiger partial charge in [0.2, 0.25) is 10.0 Å². The van der Waals surface area contributed by atoms with Crippen molar-refractivity contribution in [3.63, 3.8) is 0 Å². The lowest BCUT2D eigenvalue weighted by Crippen LogP contribution is -2.30. The molecule has 0 aliphatic rings. The van der Waals surface area contributed by atoms with Crippen LogP contribution in [0.4, 0.5) is 10.1 Å². The molecule has 0 radical (unpaired) electrons. The van der Waals surface area contributed by atoms with Gasteiger partial charge < -0.3 is 10.1 Å². The molecule has 0 aromatic heterocycles. The zero-order valence-electron chi connectivity index (χ0n) is 15.5. The number of benzene rings is 2. The van der Waals surface area contributed by atoms with Crippen molar-refractivity contribution in [2.24, 2.45) is 0 Å². The maximum Gasteiger partial charge on any atom is 0.262 e. The number of nitrogens with one attached hydrogen (secondary N) is 1. The van der Waals surface area contributed by atoms with Gasteiger partial charge in [0.25, 0.3) is 5.91 Å². The Morgan fingerprint density at radius 2 is 1.74 bits per heavy atom. The topological polar surface area (TPSA) is 75.7 Å². The molecular formula is C19H23FN2O4S. The number of aryl methyl sites for hydroxylation is 1. The van der Waals surface area contributed by atoms with Crippen molar-refractivity contribution in [3.8, 4) is 5.75 Å². The minimum atomic E-state index is -3.54. The molecule has 0 unspecified atom stereocenters. The van der Waals surface area contributed by atoms with Gasteiger partial charge in [-0.25, -0.2) is 12.8 Å². The van der Waals surface area contributed by atoms with E-state index in [0.29, 0.717) is 24.5 Å². The van der Waals surface area contributed by atoms with E-state index in [1.54, 1.807) is 26.8 Å². The molecule has 146 valence electrons. The molecule has 0 atom stereocenters. The minimum Gasteiger partial charge on any atom is -0.484 e. The molecule has 2 rings (SSSR count). The molecule has 2 aromatic rings. The van der Waals surface area contributed by atoms with E-state index in [9.17, 15) is 17.6 Å². The summed E-state index contributed by atoms with van der Waals surface area (Å²) in [6, 6.07) is 10.00. The third-order valence-corrected chi connectivity index (χ3v) is 6.07. The second-order valence-electron chi connectivity index (χ2n) is 5.86. The number of carbonyl (C=O) groups excluding carboxylic acids is 1. The molecule has 8 heteroatoms. The maximum absolute atomic E-state index is 13.3. The van der Waals surface area contributed by atoms with E-state index >= 15 is 0 Å². The van der Waals surface area contributed by atoms with Gasteiger partial charge in [0.1, 0.15) is 11.6 Å². The highest BCUT2D eigenvalue weighted by molar-refractivity contribution is 7.89. The van der Waals surface area contributed by atoms with Gasteiger partial charge in [-0.3, -0.25) is 4.79 Å². The first-order chi connectivity index (χ1) is 12.8. The van der Waals surface area contributed by atoms with Crippen molar-refractivity contribution < 1.29 is 22.3 Å². The molecule has 1 N–H and O–H groups in total. The van der Waals surface area contributed by atoms with Gasteiger partial charge in [0.15, 0.2) is 6.61 Å². The van der Waals surface area contributed by atoms with E-state index in [1.165, 1.54) is 40.7 Å².